The zero-order valence-electron chi connectivity index (χ0n) is 10.3. The van der Waals surface area contributed by atoms with Crippen LogP contribution < -0.4 is 5.73 Å². The summed E-state index contributed by atoms with van der Waals surface area (Å²) in [6.45, 7) is 4.25. The number of aromatic amines is 1. The molecule has 92 valence electrons. The summed E-state index contributed by atoms with van der Waals surface area (Å²) in [6.07, 6.45) is 0. The molecule has 2 heterocycles. The molecule has 4 nitrogen and oxygen atoms in total. The van der Waals surface area contributed by atoms with E-state index in [-0.39, 0.29) is 0 Å². The molecule has 0 saturated carbocycles. The molecule has 0 aliphatic rings. The van der Waals surface area contributed by atoms with Crippen molar-refractivity contribution in [1.29, 1.82) is 0 Å². The minimum atomic E-state index is 0.399. The van der Waals surface area contributed by atoms with Gasteiger partial charge in [-0.1, -0.05) is 19.9 Å². The van der Waals surface area contributed by atoms with Crippen LogP contribution in [-0.4, -0.2) is 15.0 Å². The second-order valence-corrected chi connectivity index (χ2v) is 5.47. The van der Waals surface area contributed by atoms with Crippen molar-refractivity contribution in [3.63, 3.8) is 0 Å². The topological polar surface area (TPSA) is 67.6 Å². The Bertz CT molecular complexity index is 696. The van der Waals surface area contributed by atoms with Crippen LogP contribution in [-0.2, 0) is 0 Å². The Morgan fingerprint density at radius 1 is 1.28 bits per heavy atom. The number of fused-ring (bicyclic) bond motifs is 1. The number of rotatable bonds is 2. The maximum Gasteiger partial charge on any atom is 0.180 e. The molecule has 5 heteroatoms. The van der Waals surface area contributed by atoms with E-state index in [9.17, 15) is 0 Å². The Labute approximate surface area is 109 Å². The molecule has 3 aromatic rings. The third kappa shape index (κ3) is 1.86. The first-order valence-corrected chi connectivity index (χ1v) is 6.72. The van der Waals surface area contributed by atoms with E-state index in [2.05, 4.69) is 34.9 Å². The molecular formula is C13H14N4S. The largest absolute Gasteiger partial charge is 0.375 e. The lowest BCUT2D eigenvalue weighted by Gasteiger charge is -1.96. The van der Waals surface area contributed by atoms with Gasteiger partial charge in [-0.15, -0.1) is 11.3 Å². The van der Waals surface area contributed by atoms with Gasteiger partial charge in [-0.25, -0.2) is 9.97 Å². The van der Waals surface area contributed by atoms with Crippen molar-refractivity contribution in [1.82, 2.24) is 15.0 Å². The summed E-state index contributed by atoms with van der Waals surface area (Å²) in [4.78, 5) is 12.2. The van der Waals surface area contributed by atoms with Crippen molar-refractivity contribution in [3.05, 3.63) is 29.4 Å². The zero-order valence-corrected chi connectivity index (χ0v) is 11.1. The van der Waals surface area contributed by atoms with E-state index >= 15 is 0 Å². The molecule has 3 N–H and O–H groups in total. The third-order valence-electron chi connectivity index (χ3n) is 2.86. The SMILES string of the molecule is CC(C)c1nc2ccc(-c3csc(N)n3)cc2[nH]1. The van der Waals surface area contributed by atoms with Crippen molar-refractivity contribution in [2.24, 2.45) is 0 Å². The van der Waals surface area contributed by atoms with Crippen molar-refractivity contribution in [2.75, 3.05) is 5.73 Å². The van der Waals surface area contributed by atoms with Crippen molar-refractivity contribution >= 4 is 27.5 Å². The number of H-pyrrole nitrogens is 1. The van der Waals surface area contributed by atoms with E-state index in [0.29, 0.717) is 11.0 Å². The number of nitrogen functional groups attached to an aromatic ring is 1. The number of thiazole rings is 1. The van der Waals surface area contributed by atoms with Crippen molar-refractivity contribution < 1.29 is 0 Å². The summed E-state index contributed by atoms with van der Waals surface area (Å²) in [6, 6.07) is 6.12. The van der Waals surface area contributed by atoms with Crippen molar-refractivity contribution in [2.45, 2.75) is 19.8 Å². The van der Waals surface area contributed by atoms with Crippen LogP contribution in [0.5, 0.6) is 0 Å². The molecule has 0 atom stereocenters. The number of anilines is 1. The van der Waals surface area contributed by atoms with E-state index in [0.717, 1.165) is 28.1 Å². The van der Waals surface area contributed by atoms with Crippen LogP contribution in [0.2, 0.25) is 0 Å². The van der Waals surface area contributed by atoms with Gasteiger partial charge in [0, 0.05) is 16.9 Å². The fraction of sp³-hybridized carbons (Fsp3) is 0.231. The van der Waals surface area contributed by atoms with Crippen LogP contribution in [0.1, 0.15) is 25.6 Å². The Balaban J connectivity index is 2.10. The fourth-order valence-electron chi connectivity index (χ4n) is 1.88. The number of hydrogen-bond acceptors (Lipinski definition) is 4. The molecule has 0 unspecified atom stereocenters. The normalized spacial score (nSPS) is 11.5. The number of benzene rings is 1. The second-order valence-electron chi connectivity index (χ2n) is 4.58. The molecule has 0 fully saturated rings. The smallest absolute Gasteiger partial charge is 0.180 e. The van der Waals surface area contributed by atoms with Crippen LogP contribution in [0.4, 0.5) is 5.13 Å². The Hall–Kier alpha value is -1.88. The van der Waals surface area contributed by atoms with Gasteiger partial charge in [0.1, 0.15) is 5.82 Å². The highest BCUT2D eigenvalue weighted by molar-refractivity contribution is 7.13. The Morgan fingerprint density at radius 2 is 2.11 bits per heavy atom. The van der Waals surface area contributed by atoms with Crippen LogP contribution in [0.15, 0.2) is 23.6 Å². The van der Waals surface area contributed by atoms with Gasteiger partial charge in [-0.3, -0.25) is 0 Å². The van der Waals surface area contributed by atoms with E-state index in [4.69, 9.17) is 5.73 Å². The summed E-state index contributed by atoms with van der Waals surface area (Å²) in [5.41, 5.74) is 9.68. The number of hydrogen-bond donors (Lipinski definition) is 2. The van der Waals surface area contributed by atoms with E-state index < -0.39 is 0 Å². The quantitative estimate of drug-likeness (QED) is 0.740. The Morgan fingerprint density at radius 3 is 2.78 bits per heavy atom. The van der Waals surface area contributed by atoms with Crippen LogP contribution in [0.3, 0.4) is 0 Å². The highest BCUT2D eigenvalue weighted by Crippen LogP contribution is 2.26. The molecule has 0 aliphatic heterocycles. The monoisotopic (exact) mass is 258 g/mol. The number of imidazole rings is 1. The summed E-state index contributed by atoms with van der Waals surface area (Å²) >= 11 is 1.46. The summed E-state index contributed by atoms with van der Waals surface area (Å²) in [5, 5.41) is 2.56. The zero-order chi connectivity index (χ0) is 12.7. The lowest BCUT2D eigenvalue weighted by molar-refractivity contribution is 0.799. The van der Waals surface area contributed by atoms with Gasteiger partial charge in [0.15, 0.2) is 5.13 Å². The molecule has 18 heavy (non-hydrogen) atoms. The van der Waals surface area contributed by atoms with Gasteiger partial charge in [0.05, 0.1) is 16.7 Å². The van der Waals surface area contributed by atoms with Crippen LogP contribution in [0.25, 0.3) is 22.3 Å². The molecule has 0 spiro atoms. The molecule has 1 aromatic carbocycles. The van der Waals surface area contributed by atoms with Gasteiger partial charge in [0.2, 0.25) is 0 Å². The van der Waals surface area contributed by atoms with E-state index in [1.807, 2.05) is 17.5 Å². The number of nitrogens with one attached hydrogen (secondary N) is 1. The molecule has 3 rings (SSSR count). The van der Waals surface area contributed by atoms with Gasteiger partial charge in [0.25, 0.3) is 0 Å². The molecule has 2 aromatic heterocycles. The predicted molar refractivity (Wildman–Crippen MR) is 75.7 cm³/mol. The number of nitrogens with two attached hydrogens (primary N) is 1. The first kappa shape index (κ1) is 11.2. The summed E-state index contributed by atoms with van der Waals surface area (Å²) in [7, 11) is 0. The van der Waals surface area contributed by atoms with Crippen molar-refractivity contribution in [3.8, 4) is 11.3 Å². The minimum Gasteiger partial charge on any atom is -0.375 e. The van der Waals surface area contributed by atoms with Gasteiger partial charge in [-0.05, 0) is 12.1 Å². The summed E-state index contributed by atoms with van der Waals surface area (Å²) in [5.74, 6) is 1.41. The Kier molecular flexibility index (Phi) is 2.56. The van der Waals surface area contributed by atoms with E-state index in [1.165, 1.54) is 11.3 Å². The first-order valence-electron chi connectivity index (χ1n) is 5.84. The molecule has 0 bridgehead atoms. The minimum absolute atomic E-state index is 0.399. The summed E-state index contributed by atoms with van der Waals surface area (Å²) < 4.78 is 0. The molecule has 0 aliphatic carbocycles. The van der Waals surface area contributed by atoms with Crippen LogP contribution >= 0.6 is 11.3 Å². The third-order valence-corrected chi connectivity index (χ3v) is 3.54. The predicted octanol–water partition coefficient (Wildman–Crippen LogP) is 3.39. The molecule has 0 radical (unpaired) electrons. The van der Waals surface area contributed by atoms with Gasteiger partial charge >= 0.3 is 0 Å². The van der Waals surface area contributed by atoms with Crippen LogP contribution in [0, 0.1) is 0 Å². The lowest BCUT2D eigenvalue weighted by atomic mass is 10.1. The molecular weight excluding hydrogens is 244 g/mol. The second kappa shape index (κ2) is 4.10. The maximum absolute atomic E-state index is 5.66. The highest BCUT2D eigenvalue weighted by atomic mass is 32.1. The van der Waals surface area contributed by atoms with Gasteiger partial charge < -0.3 is 10.7 Å². The standard InChI is InChI=1S/C13H14N4S/c1-7(2)12-15-9-4-3-8(5-10(9)16-12)11-6-18-13(14)17-11/h3-7H,1-2H3,(H2,14,17)(H,15,16). The van der Waals surface area contributed by atoms with E-state index in [1.54, 1.807) is 0 Å². The lowest BCUT2D eigenvalue weighted by Crippen LogP contribution is -1.88. The maximum atomic E-state index is 5.66. The molecule has 0 amide bonds. The number of nitrogens with zero attached hydrogens (tertiary/aromatic N) is 2. The average Bonchev–Trinajstić information content (AvgIpc) is 2.93. The molecule has 0 saturated heterocycles. The van der Waals surface area contributed by atoms with Gasteiger partial charge in [-0.2, -0.15) is 0 Å². The fourth-order valence-corrected chi connectivity index (χ4v) is 2.45. The average molecular weight is 258 g/mol. The highest BCUT2D eigenvalue weighted by Gasteiger charge is 2.08. The first-order chi connectivity index (χ1) is 8.63. The number of aromatic nitrogens is 3.